The molecule has 8 heteroatoms. The maximum absolute atomic E-state index is 12.3. The topological polar surface area (TPSA) is 89.7 Å². The fourth-order valence-electron chi connectivity index (χ4n) is 3.30. The summed E-state index contributed by atoms with van der Waals surface area (Å²) < 4.78 is 6.80. The van der Waals surface area contributed by atoms with E-state index in [0.717, 1.165) is 37.1 Å². The van der Waals surface area contributed by atoms with E-state index in [2.05, 4.69) is 15.1 Å². The van der Waals surface area contributed by atoms with Crippen molar-refractivity contribution in [2.24, 2.45) is 0 Å². The number of piperidine rings is 1. The molecule has 0 N–H and O–H groups in total. The normalized spacial score (nSPS) is 17.7. The van der Waals surface area contributed by atoms with Crippen LogP contribution >= 0.6 is 0 Å². The summed E-state index contributed by atoms with van der Waals surface area (Å²) in [6.45, 7) is 6.25. The number of hydrogen-bond donors (Lipinski definition) is 0. The number of nitrogens with zero attached hydrogens (tertiary/aromatic N) is 5. The van der Waals surface area contributed by atoms with E-state index in [-0.39, 0.29) is 25.0 Å². The molecule has 0 unspecified atom stereocenters. The fourth-order valence-corrected chi connectivity index (χ4v) is 3.30. The molecule has 0 saturated carbocycles. The monoisotopic (exact) mass is 345 g/mol. The highest BCUT2D eigenvalue weighted by Crippen LogP contribution is 2.17. The molecule has 1 saturated heterocycles. The smallest absolute Gasteiger partial charge is 0.310 e. The van der Waals surface area contributed by atoms with Gasteiger partial charge in [-0.1, -0.05) is 0 Å². The van der Waals surface area contributed by atoms with Crippen LogP contribution in [0.4, 0.5) is 0 Å². The molecule has 134 valence electrons. The Balaban J connectivity index is 1.62. The molecule has 25 heavy (non-hydrogen) atoms. The predicted molar refractivity (Wildman–Crippen MR) is 89.9 cm³/mol. The molecular formula is C17H23N5O3. The Morgan fingerprint density at radius 2 is 2.12 bits per heavy atom. The van der Waals surface area contributed by atoms with Gasteiger partial charge >= 0.3 is 5.97 Å². The van der Waals surface area contributed by atoms with Crippen LogP contribution in [-0.4, -0.2) is 55.6 Å². The van der Waals surface area contributed by atoms with Gasteiger partial charge in [-0.05, 0) is 40.0 Å². The molecule has 8 nitrogen and oxygen atoms in total. The van der Waals surface area contributed by atoms with Crippen molar-refractivity contribution in [2.75, 3.05) is 13.2 Å². The minimum Gasteiger partial charge on any atom is -0.455 e. The summed E-state index contributed by atoms with van der Waals surface area (Å²) in [4.78, 5) is 34.6. The van der Waals surface area contributed by atoms with E-state index < -0.39 is 5.97 Å². The zero-order valence-electron chi connectivity index (χ0n) is 14.9. The molecule has 0 radical (unpaired) electrons. The molecular weight excluding hydrogens is 322 g/mol. The number of aromatic nitrogens is 4. The first kappa shape index (κ1) is 17.3. The number of hydrogen-bond acceptors (Lipinski definition) is 6. The van der Waals surface area contributed by atoms with Gasteiger partial charge in [-0.25, -0.2) is 9.50 Å². The van der Waals surface area contributed by atoms with E-state index in [0.29, 0.717) is 11.5 Å². The summed E-state index contributed by atoms with van der Waals surface area (Å²) in [6.07, 6.45) is 4.63. The number of aryl methyl sites for hydroxylation is 2. The molecule has 2 aromatic heterocycles. The second-order valence-electron chi connectivity index (χ2n) is 6.50. The lowest BCUT2D eigenvalue weighted by Crippen LogP contribution is -2.44. The first-order valence-corrected chi connectivity index (χ1v) is 8.58. The number of ether oxygens (including phenoxy) is 1. The third kappa shape index (κ3) is 3.62. The van der Waals surface area contributed by atoms with Crippen molar-refractivity contribution in [2.45, 2.75) is 52.5 Å². The second kappa shape index (κ2) is 7.16. The molecule has 1 atom stereocenters. The van der Waals surface area contributed by atoms with Crippen molar-refractivity contribution in [3.63, 3.8) is 0 Å². The minimum absolute atomic E-state index is 0.0588. The number of rotatable bonds is 4. The quantitative estimate of drug-likeness (QED) is 0.774. The summed E-state index contributed by atoms with van der Waals surface area (Å²) in [5.41, 5.74) is 2.26. The van der Waals surface area contributed by atoms with Crippen molar-refractivity contribution in [1.82, 2.24) is 24.5 Å². The summed E-state index contributed by atoms with van der Waals surface area (Å²) in [7, 11) is 0. The highest BCUT2D eigenvalue weighted by Gasteiger charge is 2.24. The van der Waals surface area contributed by atoms with Crippen molar-refractivity contribution < 1.29 is 14.3 Å². The van der Waals surface area contributed by atoms with Gasteiger partial charge in [0.1, 0.15) is 6.33 Å². The summed E-state index contributed by atoms with van der Waals surface area (Å²) in [6, 6.07) is 0.211. The van der Waals surface area contributed by atoms with Crippen molar-refractivity contribution in [3.05, 3.63) is 23.3 Å². The van der Waals surface area contributed by atoms with Gasteiger partial charge < -0.3 is 9.64 Å². The third-order valence-corrected chi connectivity index (χ3v) is 4.79. The van der Waals surface area contributed by atoms with Crippen LogP contribution < -0.4 is 0 Å². The molecule has 1 fully saturated rings. The average Bonchev–Trinajstić information content (AvgIpc) is 3.05. The van der Waals surface area contributed by atoms with E-state index in [1.54, 1.807) is 9.42 Å². The lowest BCUT2D eigenvalue weighted by Gasteiger charge is -2.33. The number of amides is 1. The zero-order valence-corrected chi connectivity index (χ0v) is 14.9. The SMILES string of the molecule is Cc1nc2ncnn2c(C)c1CC(=O)OCC(=O)N1CCCC[C@@H]1C. The molecule has 1 aliphatic heterocycles. The molecule has 3 rings (SSSR count). The van der Waals surface area contributed by atoms with Crippen LogP contribution in [0.3, 0.4) is 0 Å². The van der Waals surface area contributed by atoms with Gasteiger partial charge in [-0.3, -0.25) is 9.59 Å². The van der Waals surface area contributed by atoms with E-state index in [1.807, 2.05) is 20.8 Å². The molecule has 3 heterocycles. The Labute approximate surface area is 146 Å². The Morgan fingerprint density at radius 1 is 1.32 bits per heavy atom. The average molecular weight is 345 g/mol. The van der Waals surface area contributed by atoms with Crippen LogP contribution in [0.1, 0.15) is 43.1 Å². The third-order valence-electron chi connectivity index (χ3n) is 4.79. The predicted octanol–water partition coefficient (Wildman–Crippen LogP) is 1.23. The van der Waals surface area contributed by atoms with E-state index >= 15 is 0 Å². The van der Waals surface area contributed by atoms with Crippen LogP contribution in [0.5, 0.6) is 0 Å². The highest BCUT2D eigenvalue weighted by molar-refractivity contribution is 5.81. The summed E-state index contributed by atoms with van der Waals surface area (Å²) in [5.74, 6) is -0.0642. The highest BCUT2D eigenvalue weighted by atomic mass is 16.5. The van der Waals surface area contributed by atoms with Crippen molar-refractivity contribution >= 4 is 17.7 Å². The van der Waals surface area contributed by atoms with Crippen molar-refractivity contribution in [3.8, 4) is 0 Å². The van der Waals surface area contributed by atoms with Crippen molar-refractivity contribution in [1.29, 1.82) is 0 Å². The maximum atomic E-state index is 12.3. The minimum atomic E-state index is -0.439. The molecule has 0 aromatic carbocycles. The fraction of sp³-hybridized carbons (Fsp3) is 0.588. The number of likely N-dealkylation sites (tertiary alicyclic amines) is 1. The molecule has 0 bridgehead atoms. The number of carbonyl (C=O) groups is 2. The van der Waals surface area contributed by atoms with Gasteiger partial charge in [-0.2, -0.15) is 10.1 Å². The lowest BCUT2D eigenvalue weighted by molar-refractivity contribution is -0.153. The van der Waals surface area contributed by atoms with Crippen LogP contribution in [0, 0.1) is 13.8 Å². The standard InChI is InChI=1S/C17H23N5O3/c1-11-6-4-5-7-21(11)15(23)9-25-16(24)8-14-12(2)20-17-18-10-19-22(17)13(14)3/h10-11H,4-9H2,1-3H3/t11-/m0/s1. The number of esters is 1. The molecule has 2 aromatic rings. The Morgan fingerprint density at radius 3 is 2.88 bits per heavy atom. The van der Waals surface area contributed by atoms with E-state index in [4.69, 9.17) is 4.74 Å². The zero-order chi connectivity index (χ0) is 18.0. The Bertz CT molecular complexity index is 801. The van der Waals surface area contributed by atoms with Crippen LogP contribution in [0.2, 0.25) is 0 Å². The van der Waals surface area contributed by atoms with Gasteiger partial charge in [0.2, 0.25) is 0 Å². The largest absolute Gasteiger partial charge is 0.455 e. The van der Waals surface area contributed by atoms with E-state index in [1.165, 1.54) is 6.33 Å². The molecule has 0 spiro atoms. The maximum Gasteiger partial charge on any atom is 0.310 e. The summed E-state index contributed by atoms with van der Waals surface area (Å²) in [5, 5.41) is 4.10. The van der Waals surface area contributed by atoms with Gasteiger partial charge in [-0.15, -0.1) is 0 Å². The number of fused-ring (bicyclic) bond motifs is 1. The lowest BCUT2D eigenvalue weighted by atomic mass is 10.0. The van der Waals surface area contributed by atoms with Crippen LogP contribution in [0.15, 0.2) is 6.33 Å². The Kier molecular flexibility index (Phi) is 4.96. The first-order chi connectivity index (χ1) is 12.0. The van der Waals surface area contributed by atoms with Gasteiger partial charge in [0.25, 0.3) is 11.7 Å². The van der Waals surface area contributed by atoms with Gasteiger partial charge in [0.15, 0.2) is 6.61 Å². The Hall–Kier alpha value is -2.51. The molecule has 1 amide bonds. The summed E-state index contributed by atoms with van der Waals surface area (Å²) >= 11 is 0. The van der Waals surface area contributed by atoms with Crippen LogP contribution in [0.25, 0.3) is 5.78 Å². The van der Waals surface area contributed by atoms with Gasteiger partial charge in [0.05, 0.1) is 6.42 Å². The first-order valence-electron chi connectivity index (χ1n) is 8.58. The van der Waals surface area contributed by atoms with Gasteiger partial charge in [0, 0.05) is 29.5 Å². The molecule has 1 aliphatic rings. The molecule has 0 aliphatic carbocycles. The second-order valence-corrected chi connectivity index (χ2v) is 6.50. The number of carbonyl (C=O) groups excluding carboxylic acids is 2. The van der Waals surface area contributed by atoms with Crippen LogP contribution in [-0.2, 0) is 20.7 Å². The van der Waals surface area contributed by atoms with E-state index in [9.17, 15) is 9.59 Å².